The Bertz CT molecular complexity index is 670. The number of aryl methyl sites for hydroxylation is 2. The molecule has 7 heteroatoms. The number of nitrogens with two attached hydrogens (primary N) is 1. The number of hydrogen-bond donors (Lipinski definition) is 1. The van der Waals surface area contributed by atoms with E-state index in [-0.39, 0.29) is 6.61 Å². The summed E-state index contributed by atoms with van der Waals surface area (Å²) in [5, 5.41) is 4.66. The van der Waals surface area contributed by atoms with Crippen LogP contribution in [0.3, 0.4) is 0 Å². The maximum atomic E-state index is 12.0. The summed E-state index contributed by atoms with van der Waals surface area (Å²) in [6.45, 7) is 1.85. The highest BCUT2D eigenvalue weighted by atomic mass is 79.9. The third kappa shape index (κ3) is 2.81. The van der Waals surface area contributed by atoms with Crippen LogP contribution < -0.4 is 5.73 Å². The van der Waals surface area contributed by atoms with Crippen LogP contribution in [-0.4, -0.2) is 15.7 Å². The zero-order valence-electron chi connectivity index (χ0n) is 11.0. The van der Waals surface area contributed by atoms with E-state index in [0.29, 0.717) is 32.1 Å². The number of ether oxygens (including phenoxy) is 1. The lowest BCUT2D eigenvalue weighted by molar-refractivity contribution is 0.0462. The highest BCUT2D eigenvalue weighted by Crippen LogP contribution is 2.25. The number of carbonyl (C=O) groups excluding carboxylic acids is 1. The molecule has 0 radical (unpaired) electrons. The molecular formula is C13H13BrClN3O2. The number of nitrogen functional groups attached to an aromatic ring is 1. The van der Waals surface area contributed by atoms with Gasteiger partial charge in [-0.05, 0) is 35.0 Å². The Labute approximate surface area is 129 Å². The van der Waals surface area contributed by atoms with Crippen LogP contribution in [0, 0.1) is 6.92 Å². The molecule has 0 aliphatic carbocycles. The van der Waals surface area contributed by atoms with E-state index in [1.54, 1.807) is 36.9 Å². The fraction of sp³-hybridized carbons (Fsp3) is 0.231. The molecular weight excluding hydrogens is 346 g/mol. The quantitative estimate of drug-likeness (QED) is 0.676. The van der Waals surface area contributed by atoms with E-state index in [4.69, 9.17) is 22.1 Å². The largest absolute Gasteiger partial charge is 0.456 e. The van der Waals surface area contributed by atoms with Crippen LogP contribution in [0.25, 0.3) is 0 Å². The number of halogens is 2. The molecule has 0 atom stereocenters. The minimum atomic E-state index is -0.473. The lowest BCUT2D eigenvalue weighted by atomic mass is 10.2. The minimum absolute atomic E-state index is 0.0518. The Morgan fingerprint density at radius 3 is 2.85 bits per heavy atom. The van der Waals surface area contributed by atoms with Gasteiger partial charge >= 0.3 is 5.97 Å². The van der Waals surface area contributed by atoms with Crippen LogP contribution >= 0.6 is 27.5 Å². The van der Waals surface area contributed by atoms with Gasteiger partial charge in [-0.25, -0.2) is 4.79 Å². The smallest absolute Gasteiger partial charge is 0.339 e. The lowest BCUT2D eigenvalue weighted by Crippen LogP contribution is -2.09. The average Bonchev–Trinajstić information content (AvgIpc) is 2.64. The first-order chi connectivity index (χ1) is 9.41. The van der Waals surface area contributed by atoms with Gasteiger partial charge in [0.15, 0.2) is 0 Å². The maximum Gasteiger partial charge on any atom is 0.339 e. The number of benzene rings is 1. The van der Waals surface area contributed by atoms with Crippen molar-refractivity contribution in [1.29, 1.82) is 0 Å². The van der Waals surface area contributed by atoms with Gasteiger partial charge in [-0.3, -0.25) is 4.68 Å². The first-order valence-corrected chi connectivity index (χ1v) is 6.98. The molecule has 0 unspecified atom stereocenters. The van der Waals surface area contributed by atoms with Crippen LogP contribution in [0.15, 0.2) is 22.7 Å². The molecule has 2 rings (SSSR count). The van der Waals surface area contributed by atoms with Crippen molar-refractivity contribution < 1.29 is 9.53 Å². The summed E-state index contributed by atoms with van der Waals surface area (Å²) in [7, 11) is 1.75. The molecule has 106 valence electrons. The Morgan fingerprint density at radius 1 is 1.55 bits per heavy atom. The zero-order valence-corrected chi connectivity index (χ0v) is 13.3. The van der Waals surface area contributed by atoms with Gasteiger partial charge in [0.2, 0.25) is 0 Å². The molecule has 2 N–H and O–H groups in total. The second kappa shape index (κ2) is 5.85. The standard InChI is InChI=1S/C13H13BrClN3O2/c1-7-12(15)10(18(2)17-7)6-20-13(19)8-4-3-5-9(16)11(8)14/h3-5H,6,16H2,1-2H3. The second-order valence-corrected chi connectivity index (χ2v) is 5.43. The molecule has 20 heavy (non-hydrogen) atoms. The molecule has 1 aromatic heterocycles. The molecule has 1 heterocycles. The number of anilines is 1. The van der Waals surface area contributed by atoms with Crippen molar-refractivity contribution >= 4 is 39.2 Å². The van der Waals surface area contributed by atoms with Gasteiger partial charge in [-0.15, -0.1) is 0 Å². The van der Waals surface area contributed by atoms with Gasteiger partial charge in [0.1, 0.15) is 6.61 Å². The van der Waals surface area contributed by atoms with Gasteiger partial charge in [0.25, 0.3) is 0 Å². The Morgan fingerprint density at radius 2 is 2.25 bits per heavy atom. The summed E-state index contributed by atoms with van der Waals surface area (Å²) in [4.78, 5) is 12.0. The molecule has 5 nitrogen and oxygen atoms in total. The van der Waals surface area contributed by atoms with Gasteiger partial charge in [0, 0.05) is 12.7 Å². The predicted molar refractivity (Wildman–Crippen MR) is 80.6 cm³/mol. The average molecular weight is 359 g/mol. The van der Waals surface area contributed by atoms with E-state index < -0.39 is 5.97 Å². The van der Waals surface area contributed by atoms with Gasteiger partial charge < -0.3 is 10.5 Å². The van der Waals surface area contributed by atoms with Crippen molar-refractivity contribution in [3.05, 3.63) is 44.6 Å². The van der Waals surface area contributed by atoms with Crippen molar-refractivity contribution in [3.63, 3.8) is 0 Å². The van der Waals surface area contributed by atoms with E-state index in [0.717, 1.165) is 0 Å². The lowest BCUT2D eigenvalue weighted by Gasteiger charge is -2.08. The predicted octanol–water partition coefficient (Wildman–Crippen LogP) is 3.08. The van der Waals surface area contributed by atoms with E-state index >= 15 is 0 Å². The van der Waals surface area contributed by atoms with E-state index in [9.17, 15) is 4.79 Å². The van der Waals surface area contributed by atoms with Crippen LogP contribution in [0.2, 0.25) is 5.02 Å². The minimum Gasteiger partial charge on any atom is -0.456 e. The summed E-state index contributed by atoms with van der Waals surface area (Å²) >= 11 is 9.37. The molecule has 0 saturated carbocycles. The Hall–Kier alpha value is -1.53. The molecule has 0 saturated heterocycles. The van der Waals surface area contributed by atoms with Crippen molar-refractivity contribution in [3.8, 4) is 0 Å². The van der Waals surface area contributed by atoms with Gasteiger partial charge in [-0.2, -0.15) is 5.10 Å². The number of rotatable bonds is 3. The first kappa shape index (κ1) is 14.9. The van der Waals surface area contributed by atoms with Crippen LogP contribution in [-0.2, 0) is 18.4 Å². The Kier molecular flexibility index (Phi) is 4.35. The van der Waals surface area contributed by atoms with Crippen molar-refractivity contribution in [2.75, 3.05) is 5.73 Å². The first-order valence-electron chi connectivity index (χ1n) is 5.81. The highest BCUT2D eigenvalue weighted by molar-refractivity contribution is 9.10. The molecule has 0 spiro atoms. The Balaban J connectivity index is 2.15. The number of hydrogen-bond acceptors (Lipinski definition) is 4. The number of nitrogens with zero attached hydrogens (tertiary/aromatic N) is 2. The highest BCUT2D eigenvalue weighted by Gasteiger charge is 2.16. The van der Waals surface area contributed by atoms with Crippen molar-refractivity contribution in [1.82, 2.24) is 9.78 Å². The normalized spacial score (nSPS) is 10.6. The monoisotopic (exact) mass is 357 g/mol. The molecule has 2 aromatic rings. The summed E-state index contributed by atoms with van der Waals surface area (Å²) in [5.74, 6) is -0.473. The third-order valence-electron chi connectivity index (χ3n) is 2.85. The zero-order chi connectivity index (χ0) is 14.9. The fourth-order valence-electron chi connectivity index (χ4n) is 1.76. The SMILES string of the molecule is Cc1nn(C)c(COC(=O)c2cccc(N)c2Br)c1Cl. The summed E-state index contributed by atoms with van der Waals surface area (Å²) in [6, 6.07) is 5.03. The molecule has 0 aliphatic heterocycles. The molecule has 0 amide bonds. The summed E-state index contributed by atoms with van der Waals surface area (Å²) < 4.78 is 7.38. The van der Waals surface area contributed by atoms with Gasteiger partial charge in [-0.1, -0.05) is 17.7 Å². The molecule has 0 fully saturated rings. The summed E-state index contributed by atoms with van der Waals surface area (Å²) in [5.41, 5.74) is 7.93. The number of aromatic nitrogens is 2. The third-order valence-corrected chi connectivity index (χ3v) is 4.23. The maximum absolute atomic E-state index is 12.0. The van der Waals surface area contributed by atoms with Crippen molar-refractivity contribution in [2.45, 2.75) is 13.5 Å². The fourth-order valence-corrected chi connectivity index (χ4v) is 2.40. The molecule has 1 aromatic carbocycles. The second-order valence-electron chi connectivity index (χ2n) is 4.25. The van der Waals surface area contributed by atoms with Gasteiger partial charge in [0.05, 0.1) is 26.4 Å². The summed E-state index contributed by atoms with van der Waals surface area (Å²) in [6.07, 6.45) is 0. The van der Waals surface area contributed by atoms with E-state index in [1.165, 1.54) is 0 Å². The van der Waals surface area contributed by atoms with Crippen molar-refractivity contribution in [2.24, 2.45) is 7.05 Å². The number of carbonyl (C=O) groups is 1. The molecule has 0 aliphatic rings. The number of esters is 1. The van der Waals surface area contributed by atoms with Crippen LogP contribution in [0.5, 0.6) is 0 Å². The van der Waals surface area contributed by atoms with Crippen LogP contribution in [0.4, 0.5) is 5.69 Å². The molecule has 0 bridgehead atoms. The van der Waals surface area contributed by atoms with Crippen LogP contribution in [0.1, 0.15) is 21.7 Å². The topological polar surface area (TPSA) is 70.1 Å². The van der Waals surface area contributed by atoms with E-state index in [2.05, 4.69) is 21.0 Å². The van der Waals surface area contributed by atoms with E-state index in [1.807, 2.05) is 0 Å².